The maximum atomic E-state index is 13.8. The first-order valence-corrected chi connectivity index (χ1v) is 8.30. The number of hydrogen-bond donors (Lipinski definition) is 2. The van der Waals surface area contributed by atoms with Crippen LogP contribution in [-0.2, 0) is 6.54 Å². The van der Waals surface area contributed by atoms with Crippen LogP contribution >= 0.6 is 0 Å². The van der Waals surface area contributed by atoms with Gasteiger partial charge in [-0.15, -0.1) is 5.10 Å². The van der Waals surface area contributed by atoms with Gasteiger partial charge in [-0.05, 0) is 20.3 Å². The molecule has 0 saturated carbocycles. The van der Waals surface area contributed by atoms with Gasteiger partial charge in [0, 0.05) is 19.0 Å². The zero-order chi connectivity index (χ0) is 17.7. The van der Waals surface area contributed by atoms with Crippen molar-refractivity contribution in [1.29, 1.82) is 0 Å². The predicted molar refractivity (Wildman–Crippen MR) is 86.3 cm³/mol. The average Bonchev–Trinajstić information content (AvgIpc) is 3.11. The normalized spacial score (nSPS) is 20.5. The van der Waals surface area contributed by atoms with Crippen LogP contribution in [0.25, 0.3) is 0 Å². The largest absolute Gasteiger partial charge is 0.348 e. The van der Waals surface area contributed by atoms with E-state index in [-0.39, 0.29) is 42.7 Å². The van der Waals surface area contributed by atoms with E-state index in [0.29, 0.717) is 13.1 Å². The Morgan fingerprint density at radius 1 is 1.46 bits per heavy atom. The first-order valence-electron chi connectivity index (χ1n) is 8.30. The molecule has 0 radical (unpaired) electrons. The Bertz CT molecular complexity index is 576. The molecule has 0 unspecified atom stereocenters. The number of halogens is 1. The third kappa shape index (κ3) is 4.65. The lowest BCUT2D eigenvalue weighted by Gasteiger charge is -2.24. The fourth-order valence-corrected chi connectivity index (χ4v) is 2.66. The summed E-state index contributed by atoms with van der Waals surface area (Å²) in [5.74, 6) is -0.302. The average molecular weight is 340 g/mol. The molecule has 9 heteroatoms. The van der Waals surface area contributed by atoms with Crippen LogP contribution < -0.4 is 10.6 Å². The second-order valence-electron chi connectivity index (χ2n) is 6.33. The molecule has 1 saturated heterocycles. The summed E-state index contributed by atoms with van der Waals surface area (Å²) in [6.45, 7) is 6.61. The van der Waals surface area contributed by atoms with Crippen LogP contribution in [0.15, 0.2) is 6.20 Å². The van der Waals surface area contributed by atoms with Gasteiger partial charge in [-0.1, -0.05) is 12.1 Å². The Morgan fingerprint density at radius 3 is 2.88 bits per heavy atom. The molecule has 3 amide bonds. The molecule has 134 valence electrons. The van der Waals surface area contributed by atoms with Crippen LogP contribution in [0, 0.1) is 0 Å². The minimum Gasteiger partial charge on any atom is -0.348 e. The number of nitrogens with one attached hydrogen (secondary N) is 2. The molecule has 0 bridgehead atoms. The number of urea groups is 1. The lowest BCUT2D eigenvalue weighted by molar-refractivity contribution is 0.0938. The van der Waals surface area contributed by atoms with Crippen molar-refractivity contribution >= 4 is 11.9 Å². The molecule has 24 heavy (non-hydrogen) atoms. The number of nitrogens with zero attached hydrogens (tertiary/aromatic N) is 4. The molecule has 2 atom stereocenters. The number of likely N-dealkylation sites (tertiary alicyclic amines) is 1. The molecule has 1 aromatic rings. The van der Waals surface area contributed by atoms with E-state index in [4.69, 9.17) is 0 Å². The summed E-state index contributed by atoms with van der Waals surface area (Å²) in [5, 5.41) is 13.3. The third-order valence-corrected chi connectivity index (χ3v) is 3.74. The highest BCUT2D eigenvalue weighted by Gasteiger charge is 2.35. The highest BCUT2D eigenvalue weighted by atomic mass is 19.1. The number of hydrogen-bond acceptors (Lipinski definition) is 4. The minimum absolute atomic E-state index is 0.00234. The molecule has 1 aliphatic heterocycles. The molecule has 0 aliphatic carbocycles. The van der Waals surface area contributed by atoms with Crippen molar-refractivity contribution in [1.82, 2.24) is 30.5 Å². The van der Waals surface area contributed by atoms with E-state index in [0.717, 1.165) is 6.42 Å². The molecule has 8 nitrogen and oxygen atoms in total. The van der Waals surface area contributed by atoms with Crippen LogP contribution in [0.1, 0.15) is 44.1 Å². The fourth-order valence-electron chi connectivity index (χ4n) is 2.66. The summed E-state index contributed by atoms with van der Waals surface area (Å²) in [5.41, 5.74) is 0.209. The molecule has 2 heterocycles. The van der Waals surface area contributed by atoms with Gasteiger partial charge in [-0.2, -0.15) is 0 Å². The van der Waals surface area contributed by atoms with Crippen molar-refractivity contribution in [2.24, 2.45) is 0 Å². The first-order chi connectivity index (χ1) is 11.4. The van der Waals surface area contributed by atoms with Gasteiger partial charge in [0.15, 0.2) is 5.69 Å². The molecule has 2 N–H and O–H groups in total. The van der Waals surface area contributed by atoms with Gasteiger partial charge in [0.25, 0.3) is 5.91 Å². The molecule has 0 aromatic carbocycles. The van der Waals surface area contributed by atoms with Crippen molar-refractivity contribution in [2.75, 3.05) is 13.1 Å². The number of alkyl halides is 1. The van der Waals surface area contributed by atoms with Gasteiger partial charge in [-0.3, -0.25) is 4.79 Å². The standard InChI is InChI=1S/C15H25FN6O2/c1-4-5-17-15(24)22-7-11(16)6-12(22)8-21-9-13(19-20-21)14(23)18-10(2)3/h9-12H,4-8H2,1-3H3,(H,17,24)(H,18,23)/t11-,12-/m0/s1. The lowest BCUT2D eigenvalue weighted by atomic mass is 10.2. The quantitative estimate of drug-likeness (QED) is 0.806. The zero-order valence-electron chi connectivity index (χ0n) is 14.3. The molecule has 0 spiro atoms. The summed E-state index contributed by atoms with van der Waals surface area (Å²) < 4.78 is 15.2. The first kappa shape index (κ1) is 18.2. The maximum absolute atomic E-state index is 13.8. The molecule has 1 aromatic heterocycles. The van der Waals surface area contributed by atoms with Gasteiger partial charge >= 0.3 is 6.03 Å². The minimum atomic E-state index is -1.05. The Hall–Kier alpha value is -2.19. The Kier molecular flexibility index (Phi) is 6.10. The molecular weight excluding hydrogens is 315 g/mol. The summed E-state index contributed by atoms with van der Waals surface area (Å²) in [7, 11) is 0. The van der Waals surface area contributed by atoms with Crippen LogP contribution in [0.3, 0.4) is 0 Å². The highest BCUT2D eigenvalue weighted by Crippen LogP contribution is 2.21. The zero-order valence-corrected chi connectivity index (χ0v) is 14.3. The van der Waals surface area contributed by atoms with E-state index in [1.165, 1.54) is 15.8 Å². The summed E-state index contributed by atoms with van der Waals surface area (Å²) >= 11 is 0. The van der Waals surface area contributed by atoms with E-state index < -0.39 is 6.17 Å². The van der Waals surface area contributed by atoms with E-state index in [1.54, 1.807) is 0 Å². The topological polar surface area (TPSA) is 92.2 Å². The summed E-state index contributed by atoms with van der Waals surface area (Å²) in [6.07, 6.45) is 1.55. The monoisotopic (exact) mass is 340 g/mol. The molecule has 1 aliphatic rings. The smallest absolute Gasteiger partial charge is 0.317 e. The Labute approximate surface area is 140 Å². The van der Waals surface area contributed by atoms with Crippen molar-refractivity contribution in [3.8, 4) is 0 Å². The van der Waals surface area contributed by atoms with Gasteiger partial charge < -0.3 is 15.5 Å². The lowest BCUT2D eigenvalue weighted by Crippen LogP contribution is -2.44. The van der Waals surface area contributed by atoms with Crippen molar-refractivity contribution < 1.29 is 14.0 Å². The molecule has 1 fully saturated rings. The summed E-state index contributed by atoms with van der Waals surface area (Å²) in [4.78, 5) is 25.5. The van der Waals surface area contributed by atoms with Crippen LogP contribution in [-0.4, -0.2) is 63.2 Å². The molecular formula is C15H25FN6O2. The van der Waals surface area contributed by atoms with Crippen molar-refractivity contribution in [3.05, 3.63) is 11.9 Å². The SMILES string of the molecule is CCCNC(=O)N1C[C@@H](F)C[C@H]1Cn1cc(C(=O)NC(C)C)nn1. The van der Waals surface area contributed by atoms with Crippen molar-refractivity contribution in [3.63, 3.8) is 0 Å². The van der Waals surface area contributed by atoms with E-state index >= 15 is 0 Å². The van der Waals surface area contributed by atoms with Crippen molar-refractivity contribution in [2.45, 2.75) is 58.4 Å². The Balaban J connectivity index is 1.99. The van der Waals surface area contributed by atoms with Crippen LogP contribution in [0.5, 0.6) is 0 Å². The number of carbonyl (C=O) groups excluding carboxylic acids is 2. The predicted octanol–water partition coefficient (Wildman–Crippen LogP) is 0.948. The van der Waals surface area contributed by atoms with E-state index in [9.17, 15) is 14.0 Å². The highest BCUT2D eigenvalue weighted by molar-refractivity contribution is 5.91. The number of carbonyl (C=O) groups is 2. The number of amides is 3. The maximum Gasteiger partial charge on any atom is 0.317 e. The number of rotatable bonds is 6. The second kappa shape index (κ2) is 8.07. The van der Waals surface area contributed by atoms with Gasteiger partial charge in [0.05, 0.1) is 25.3 Å². The van der Waals surface area contributed by atoms with Crippen LogP contribution in [0.4, 0.5) is 9.18 Å². The van der Waals surface area contributed by atoms with Crippen LogP contribution in [0.2, 0.25) is 0 Å². The fraction of sp³-hybridized carbons (Fsp3) is 0.733. The van der Waals surface area contributed by atoms with E-state index in [2.05, 4.69) is 20.9 Å². The van der Waals surface area contributed by atoms with E-state index in [1.807, 2.05) is 20.8 Å². The number of aromatic nitrogens is 3. The van der Waals surface area contributed by atoms with Gasteiger partial charge in [-0.25, -0.2) is 13.9 Å². The second-order valence-corrected chi connectivity index (χ2v) is 6.33. The third-order valence-electron chi connectivity index (χ3n) is 3.74. The Morgan fingerprint density at radius 2 is 2.21 bits per heavy atom. The summed E-state index contributed by atoms with van der Waals surface area (Å²) in [6, 6.07) is -0.568. The van der Waals surface area contributed by atoms with Gasteiger partial charge in [0.2, 0.25) is 0 Å². The van der Waals surface area contributed by atoms with Gasteiger partial charge in [0.1, 0.15) is 6.17 Å². The molecule has 2 rings (SSSR count).